The number of likely N-dealkylation sites (tertiary alicyclic amines) is 1. The highest BCUT2D eigenvalue weighted by molar-refractivity contribution is 5.99. The van der Waals surface area contributed by atoms with Crippen LogP contribution in [0.4, 0.5) is 14.5 Å². The molecule has 10 nitrogen and oxygen atoms in total. The predicted molar refractivity (Wildman–Crippen MR) is 160 cm³/mol. The third-order valence-corrected chi connectivity index (χ3v) is 8.54. The molecule has 5 heterocycles. The van der Waals surface area contributed by atoms with E-state index in [0.717, 1.165) is 27.8 Å². The smallest absolute Gasteiger partial charge is 0.254 e. The number of hydrogen-bond acceptors (Lipinski definition) is 6. The maximum Gasteiger partial charge on any atom is 0.254 e. The number of fused-ring (bicyclic) bond motifs is 1. The molecule has 2 aliphatic rings. The number of alkyl halides is 1. The lowest BCUT2D eigenvalue weighted by Crippen LogP contribution is -2.50. The van der Waals surface area contributed by atoms with Crippen molar-refractivity contribution < 1.29 is 18.7 Å². The van der Waals surface area contributed by atoms with Gasteiger partial charge in [0.25, 0.3) is 5.91 Å². The fourth-order valence-electron chi connectivity index (χ4n) is 6.63. The first-order valence-electron chi connectivity index (χ1n) is 14.7. The molecule has 1 saturated heterocycles. The molecule has 0 saturated carbocycles. The van der Waals surface area contributed by atoms with Crippen molar-refractivity contribution >= 4 is 33.5 Å². The van der Waals surface area contributed by atoms with Gasteiger partial charge in [0.15, 0.2) is 5.82 Å². The van der Waals surface area contributed by atoms with Crippen LogP contribution in [0.25, 0.3) is 33.5 Å². The summed E-state index contributed by atoms with van der Waals surface area (Å²) in [6.07, 6.45) is 2.69. The summed E-state index contributed by atoms with van der Waals surface area (Å²) in [6.45, 7) is 5.15. The van der Waals surface area contributed by atoms with Crippen LogP contribution in [0, 0.1) is 5.82 Å². The van der Waals surface area contributed by atoms with Gasteiger partial charge in [-0.3, -0.25) is 9.48 Å². The van der Waals surface area contributed by atoms with Gasteiger partial charge < -0.3 is 29.8 Å². The number of aliphatic hydroxyl groups excluding tert-OH is 1. The maximum atomic E-state index is 16.1. The van der Waals surface area contributed by atoms with Gasteiger partial charge in [0.05, 0.1) is 48.3 Å². The van der Waals surface area contributed by atoms with E-state index in [1.807, 2.05) is 40.6 Å². The van der Waals surface area contributed by atoms with Gasteiger partial charge in [0.2, 0.25) is 0 Å². The number of carbonyl (C=O) groups excluding carboxylic acids is 1. The van der Waals surface area contributed by atoms with Gasteiger partial charge >= 0.3 is 0 Å². The number of amides is 1. The molecule has 3 aromatic heterocycles. The minimum absolute atomic E-state index is 0.0564. The number of benzene rings is 2. The maximum absolute atomic E-state index is 16.1. The molecule has 43 heavy (non-hydrogen) atoms. The van der Waals surface area contributed by atoms with Crippen molar-refractivity contribution in [2.24, 2.45) is 5.73 Å². The van der Waals surface area contributed by atoms with E-state index < -0.39 is 23.9 Å². The van der Waals surface area contributed by atoms with Crippen LogP contribution in [-0.2, 0) is 19.6 Å². The number of nitrogens with zero attached hydrogens (tertiary/aromatic N) is 7. The Balaban J connectivity index is 1.39. The molecule has 0 bridgehead atoms. The molecule has 7 rings (SSSR count). The Labute approximate surface area is 246 Å². The Bertz CT molecular complexity index is 1830. The number of halogens is 2. The fourth-order valence-corrected chi connectivity index (χ4v) is 6.63. The molecule has 2 aromatic carbocycles. The monoisotopic (exact) mass is 588 g/mol. The van der Waals surface area contributed by atoms with Crippen LogP contribution in [-0.4, -0.2) is 84.8 Å². The van der Waals surface area contributed by atoms with E-state index in [4.69, 9.17) is 10.7 Å². The first-order valence-corrected chi connectivity index (χ1v) is 14.7. The summed E-state index contributed by atoms with van der Waals surface area (Å²) < 4.78 is 36.2. The van der Waals surface area contributed by atoms with E-state index in [-0.39, 0.29) is 37.2 Å². The van der Waals surface area contributed by atoms with Gasteiger partial charge in [-0.1, -0.05) is 12.1 Å². The second kappa shape index (κ2) is 10.8. The lowest BCUT2D eigenvalue weighted by Gasteiger charge is -2.33. The number of rotatable bonds is 7. The first-order chi connectivity index (χ1) is 20.8. The van der Waals surface area contributed by atoms with Gasteiger partial charge in [-0.2, -0.15) is 5.10 Å². The molecular weight excluding hydrogens is 554 g/mol. The Morgan fingerprint density at radius 1 is 1.16 bits per heavy atom. The van der Waals surface area contributed by atoms with E-state index >= 15 is 4.39 Å². The third kappa shape index (κ3) is 4.74. The van der Waals surface area contributed by atoms with E-state index in [1.165, 1.54) is 11.0 Å². The molecule has 1 fully saturated rings. The van der Waals surface area contributed by atoms with Crippen molar-refractivity contribution in [3.63, 3.8) is 0 Å². The number of hydrogen-bond donors (Lipinski definition) is 2. The van der Waals surface area contributed by atoms with Crippen LogP contribution in [0.3, 0.4) is 0 Å². The standard InChI is InChI=1S/C31H34F2N8O2/c1-2-39-15-19(14-35-39)16-41-29-24(33)10-21(31(43)38-17-22(32)13-23(34)18-38)11-25(29)36-30(41)27-12-20-4-3-5-26-28(20)40(27)7-6-37(26)8-9-42/h3-5,10-12,14-15,22-23,42H,2,6-9,13,16-18,34H2,1H3/t22-,23-/m1/s1. The zero-order valence-corrected chi connectivity index (χ0v) is 24.0. The Morgan fingerprint density at radius 2 is 2.02 bits per heavy atom. The average Bonchev–Trinajstić information content (AvgIpc) is 3.70. The molecule has 0 spiro atoms. The van der Waals surface area contributed by atoms with E-state index in [1.54, 1.807) is 12.3 Å². The van der Waals surface area contributed by atoms with E-state index in [9.17, 15) is 14.3 Å². The van der Waals surface area contributed by atoms with Crippen LogP contribution < -0.4 is 10.6 Å². The number of aliphatic hydroxyl groups is 1. The molecule has 2 atom stereocenters. The molecule has 0 unspecified atom stereocenters. The molecular formula is C31H34F2N8O2. The summed E-state index contributed by atoms with van der Waals surface area (Å²) in [6, 6.07) is 10.5. The second-order valence-corrected chi connectivity index (χ2v) is 11.5. The zero-order valence-electron chi connectivity index (χ0n) is 24.0. The lowest BCUT2D eigenvalue weighted by molar-refractivity contribution is 0.0606. The summed E-state index contributed by atoms with van der Waals surface area (Å²) in [7, 11) is 0. The Kier molecular flexibility index (Phi) is 6.89. The Hall–Kier alpha value is -4.29. The molecule has 2 aliphatic heterocycles. The number of aromatic nitrogens is 5. The summed E-state index contributed by atoms with van der Waals surface area (Å²) in [5.74, 6) is -0.467. The van der Waals surface area contributed by atoms with Crippen LogP contribution in [0.1, 0.15) is 29.3 Å². The number of imidazole rings is 1. The predicted octanol–water partition coefficient (Wildman–Crippen LogP) is 3.39. The highest BCUT2D eigenvalue weighted by Crippen LogP contribution is 2.38. The van der Waals surface area contributed by atoms with Crippen molar-refractivity contribution in [3.8, 4) is 11.5 Å². The number of nitrogens with two attached hydrogens (primary N) is 1. The highest BCUT2D eigenvalue weighted by Gasteiger charge is 2.31. The van der Waals surface area contributed by atoms with Crippen molar-refractivity contribution in [2.45, 2.75) is 45.2 Å². The molecule has 0 radical (unpaired) electrons. The van der Waals surface area contributed by atoms with Crippen molar-refractivity contribution in [3.05, 3.63) is 65.7 Å². The van der Waals surface area contributed by atoms with Gasteiger partial charge in [-0.05, 0) is 37.6 Å². The number of para-hydroxylation sites is 1. The van der Waals surface area contributed by atoms with Gasteiger partial charge in [0.1, 0.15) is 17.5 Å². The minimum atomic E-state index is -1.21. The molecule has 12 heteroatoms. The molecule has 3 N–H and O–H groups in total. The molecule has 0 aliphatic carbocycles. The largest absolute Gasteiger partial charge is 0.395 e. The van der Waals surface area contributed by atoms with E-state index in [0.29, 0.717) is 44.1 Å². The molecule has 224 valence electrons. The van der Waals surface area contributed by atoms with Gasteiger partial charge in [-0.15, -0.1) is 0 Å². The molecule has 5 aromatic rings. The van der Waals surface area contributed by atoms with Gasteiger partial charge in [-0.25, -0.2) is 13.8 Å². The summed E-state index contributed by atoms with van der Waals surface area (Å²) in [5, 5.41) is 15.0. The normalized spacial score (nSPS) is 18.7. The number of piperidine rings is 1. The number of anilines is 1. The fraction of sp³-hybridized carbons (Fsp3) is 0.387. The van der Waals surface area contributed by atoms with Gasteiger partial charge in [0, 0.05) is 61.5 Å². The van der Waals surface area contributed by atoms with Crippen LogP contribution >= 0.6 is 0 Å². The molecule has 1 amide bonds. The van der Waals surface area contributed by atoms with Crippen molar-refractivity contribution in [1.82, 2.24) is 28.8 Å². The second-order valence-electron chi connectivity index (χ2n) is 11.5. The van der Waals surface area contributed by atoms with Crippen LogP contribution in [0.2, 0.25) is 0 Å². The highest BCUT2D eigenvalue weighted by atomic mass is 19.1. The quantitative estimate of drug-likeness (QED) is 0.302. The zero-order chi connectivity index (χ0) is 29.8. The van der Waals surface area contributed by atoms with E-state index in [2.05, 4.69) is 20.6 Å². The number of carbonyl (C=O) groups is 1. The summed E-state index contributed by atoms with van der Waals surface area (Å²) in [5.41, 5.74) is 10.5. The lowest BCUT2D eigenvalue weighted by atomic mass is 10.0. The van der Waals surface area contributed by atoms with Crippen LogP contribution in [0.5, 0.6) is 0 Å². The minimum Gasteiger partial charge on any atom is -0.395 e. The SMILES string of the molecule is CCn1cc(Cn2c(-c3cc4cccc5c4n3CCN5CCO)nc3cc(C(=O)N4C[C@H](N)C[C@@H](F)C4)cc(F)c32)cn1. The van der Waals surface area contributed by atoms with Crippen molar-refractivity contribution in [1.29, 1.82) is 0 Å². The van der Waals surface area contributed by atoms with Crippen molar-refractivity contribution in [2.75, 3.05) is 37.7 Å². The first kappa shape index (κ1) is 27.5. The topological polar surface area (TPSA) is 110 Å². The average molecular weight is 589 g/mol. The third-order valence-electron chi connectivity index (χ3n) is 8.54. The summed E-state index contributed by atoms with van der Waals surface area (Å²) in [4.78, 5) is 21.9. The number of β-amino-alcohol motifs (C(OH)–C–C–N with tert-alkyl or cyclic N) is 1. The number of aryl methyl sites for hydroxylation is 1. The Morgan fingerprint density at radius 3 is 2.79 bits per heavy atom. The van der Waals surface area contributed by atoms with Crippen LogP contribution in [0.15, 0.2) is 48.8 Å². The summed E-state index contributed by atoms with van der Waals surface area (Å²) >= 11 is 0.